The van der Waals surface area contributed by atoms with Crippen LogP contribution in [-0.2, 0) is 9.59 Å². The second-order valence-electron chi connectivity index (χ2n) is 6.92. The molecule has 3 aromatic rings. The van der Waals surface area contributed by atoms with Gasteiger partial charge in [-0.15, -0.1) is 0 Å². The Morgan fingerprint density at radius 2 is 1.55 bits per heavy atom. The van der Waals surface area contributed by atoms with Crippen LogP contribution in [0.15, 0.2) is 60.7 Å². The third-order valence-corrected chi connectivity index (χ3v) is 4.29. The fourth-order valence-electron chi connectivity index (χ4n) is 2.93. The molecule has 3 aromatic carbocycles. The Kier molecular flexibility index (Phi) is 6.34. The van der Waals surface area contributed by atoms with Gasteiger partial charge in [0.1, 0.15) is 11.5 Å². The summed E-state index contributed by atoms with van der Waals surface area (Å²) >= 11 is 0. The quantitative estimate of drug-likeness (QED) is 0.630. The van der Waals surface area contributed by atoms with Crippen molar-refractivity contribution < 1.29 is 19.1 Å². The molecular formula is C23H24N2O4. The van der Waals surface area contributed by atoms with E-state index in [0.717, 1.165) is 21.9 Å². The van der Waals surface area contributed by atoms with Crippen molar-refractivity contribution in [2.75, 3.05) is 6.61 Å². The Balaban J connectivity index is 1.46. The van der Waals surface area contributed by atoms with Crippen LogP contribution in [-0.4, -0.2) is 24.5 Å². The van der Waals surface area contributed by atoms with Crippen LogP contribution in [0.3, 0.4) is 0 Å². The summed E-state index contributed by atoms with van der Waals surface area (Å²) in [5.41, 5.74) is 6.79. The minimum atomic E-state index is -0.781. The van der Waals surface area contributed by atoms with Crippen LogP contribution in [0, 0.1) is 13.8 Å². The van der Waals surface area contributed by atoms with Crippen LogP contribution in [0.5, 0.6) is 11.5 Å². The van der Waals surface area contributed by atoms with Gasteiger partial charge < -0.3 is 9.47 Å². The number of carbonyl (C=O) groups is 2. The number of amides is 2. The number of ether oxygens (including phenoxy) is 2. The molecule has 3 rings (SSSR count). The van der Waals surface area contributed by atoms with Crippen LogP contribution in [0.2, 0.25) is 0 Å². The Hall–Kier alpha value is -3.54. The van der Waals surface area contributed by atoms with E-state index in [2.05, 4.69) is 10.9 Å². The topological polar surface area (TPSA) is 76.7 Å². The highest BCUT2D eigenvalue weighted by atomic mass is 16.5. The molecule has 1 unspecified atom stereocenters. The molecule has 0 saturated heterocycles. The zero-order valence-corrected chi connectivity index (χ0v) is 16.7. The fraction of sp³-hybridized carbons (Fsp3) is 0.217. The zero-order chi connectivity index (χ0) is 20.8. The highest BCUT2D eigenvalue weighted by molar-refractivity contribution is 5.86. The number of nitrogens with one attached hydrogen (secondary N) is 2. The van der Waals surface area contributed by atoms with Crippen molar-refractivity contribution >= 4 is 22.6 Å². The molecular weight excluding hydrogens is 368 g/mol. The summed E-state index contributed by atoms with van der Waals surface area (Å²) in [5.74, 6) is 0.265. The minimum absolute atomic E-state index is 0.205. The largest absolute Gasteiger partial charge is 0.484 e. The number of carbonyl (C=O) groups excluding carboxylic acids is 2. The number of fused-ring (bicyclic) bond motifs is 1. The van der Waals surface area contributed by atoms with Crippen molar-refractivity contribution in [2.24, 2.45) is 0 Å². The number of rotatable bonds is 6. The number of benzene rings is 3. The number of hydrazine groups is 1. The average Bonchev–Trinajstić information content (AvgIpc) is 2.69. The molecule has 0 fully saturated rings. The third-order valence-electron chi connectivity index (χ3n) is 4.29. The minimum Gasteiger partial charge on any atom is -0.484 e. The second kappa shape index (κ2) is 9.10. The maximum atomic E-state index is 12.2. The lowest BCUT2D eigenvalue weighted by Crippen LogP contribution is -2.48. The molecule has 6 heteroatoms. The van der Waals surface area contributed by atoms with Gasteiger partial charge in [0, 0.05) is 0 Å². The van der Waals surface area contributed by atoms with E-state index >= 15 is 0 Å². The smallest absolute Gasteiger partial charge is 0.279 e. The molecule has 0 radical (unpaired) electrons. The van der Waals surface area contributed by atoms with Crippen molar-refractivity contribution in [1.82, 2.24) is 10.9 Å². The maximum absolute atomic E-state index is 12.2. The summed E-state index contributed by atoms with van der Waals surface area (Å²) in [5, 5.41) is 2.11. The van der Waals surface area contributed by atoms with Crippen LogP contribution in [0.1, 0.15) is 18.1 Å². The standard InChI is InChI=1S/C23H24N2O4/c1-15-10-16(2)12-21(11-15)28-14-22(26)24-25-23(27)17(3)29-20-9-8-18-6-4-5-7-19(18)13-20/h4-13,17H,14H2,1-3H3,(H,24,26)(H,25,27). The number of aryl methyl sites for hydroxylation is 2. The first-order valence-corrected chi connectivity index (χ1v) is 9.36. The van der Waals surface area contributed by atoms with Crippen LogP contribution in [0.4, 0.5) is 0 Å². The lowest BCUT2D eigenvalue weighted by molar-refractivity contribution is -0.133. The first-order chi connectivity index (χ1) is 13.9. The summed E-state index contributed by atoms with van der Waals surface area (Å²) in [7, 11) is 0. The number of hydrogen-bond acceptors (Lipinski definition) is 4. The summed E-state index contributed by atoms with van der Waals surface area (Å²) in [4.78, 5) is 24.1. The van der Waals surface area contributed by atoms with Gasteiger partial charge in [0.2, 0.25) is 0 Å². The van der Waals surface area contributed by atoms with Crippen molar-refractivity contribution in [2.45, 2.75) is 26.9 Å². The summed E-state index contributed by atoms with van der Waals surface area (Å²) in [6, 6.07) is 19.2. The van der Waals surface area contributed by atoms with Gasteiger partial charge in [-0.05, 0) is 66.9 Å². The average molecular weight is 392 g/mol. The number of hydrogen-bond donors (Lipinski definition) is 2. The van der Waals surface area contributed by atoms with E-state index in [4.69, 9.17) is 9.47 Å². The maximum Gasteiger partial charge on any atom is 0.279 e. The van der Waals surface area contributed by atoms with Gasteiger partial charge in [0.05, 0.1) is 0 Å². The molecule has 1 atom stereocenters. The fourth-order valence-corrected chi connectivity index (χ4v) is 2.93. The summed E-state index contributed by atoms with van der Waals surface area (Å²) in [6.45, 7) is 5.32. The van der Waals surface area contributed by atoms with E-state index in [-0.39, 0.29) is 6.61 Å². The van der Waals surface area contributed by atoms with Gasteiger partial charge in [-0.3, -0.25) is 20.4 Å². The van der Waals surface area contributed by atoms with E-state index in [1.54, 1.807) is 6.92 Å². The van der Waals surface area contributed by atoms with Gasteiger partial charge in [-0.2, -0.15) is 0 Å². The van der Waals surface area contributed by atoms with Crippen molar-refractivity contribution in [3.8, 4) is 11.5 Å². The molecule has 2 N–H and O–H groups in total. The summed E-state index contributed by atoms with van der Waals surface area (Å²) < 4.78 is 11.1. The van der Waals surface area contributed by atoms with E-state index in [0.29, 0.717) is 11.5 Å². The zero-order valence-electron chi connectivity index (χ0n) is 16.7. The lowest BCUT2D eigenvalue weighted by Gasteiger charge is -2.16. The molecule has 29 heavy (non-hydrogen) atoms. The Morgan fingerprint density at radius 3 is 2.28 bits per heavy atom. The lowest BCUT2D eigenvalue weighted by atomic mass is 10.1. The Morgan fingerprint density at radius 1 is 0.862 bits per heavy atom. The van der Waals surface area contributed by atoms with E-state index in [1.165, 1.54) is 0 Å². The van der Waals surface area contributed by atoms with Crippen LogP contribution in [0.25, 0.3) is 10.8 Å². The summed E-state index contributed by atoms with van der Waals surface area (Å²) in [6.07, 6.45) is -0.781. The molecule has 6 nitrogen and oxygen atoms in total. The molecule has 0 saturated carbocycles. The first-order valence-electron chi connectivity index (χ1n) is 9.36. The molecule has 0 spiro atoms. The van der Waals surface area contributed by atoms with Gasteiger partial charge in [0.25, 0.3) is 11.8 Å². The predicted octanol–water partition coefficient (Wildman–Crippen LogP) is 3.45. The Labute approximate surface area is 169 Å². The molecule has 0 aliphatic carbocycles. The molecule has 0 aromatic heterocycles. The Bertz CT molecular complexity index is 1010. The molecule has 0 aliphatic heterocycles. The van der Waals surface area contributed by atoms with Crippen molar-refractivity contribution in [3.63, 3.8) is 0 Å². The van der Waals surface area contributed by atoms with Gasteiger partial charge >= 0.3 is 0 Å². The molecule has 2 amide bonds. The van der Waals surface area contributed by atoms with Crippen molar-refractivity contribution in [1.29, 1.82) is 0 Å². The van der Waals surface area contributed by atoms with E-state index < -0.39 is 17.9 Å². The highest BCUT2D eigenvalue weighted by Crippen LogP contribution is 2.21. The van der Waals surface area contributed by atoms with E-state index in [1.807, 2.05) is 74.5 Å². The second-order valence-corrected chi connectivity index (χ2v) is 6.92. The monoisotopic (exact) mass is 392 g/mol. The predicted molar refractivity (Wildman–Crippen MR) is 112 cm³/mol. The van der Waals surface area contributed by atoms with Gasteiger partial charge in [-0.1, -0.05) is 36.4 Å². The van der Waals surface area contributed by atoms with Crippen LogP contribution < -0.4 is 20.3 Å². The van der Waals surface area contributed by atoms with Gasteiger partial charge in [0.15, 0.2) is 12.7 Å². The molecule has 150 valence electrons. The van der Waals surface area contributed by atoms with E-state index in [9.17, 15) is 9.59 Å². The molecule has 0 heterocycles. The van der Waals surface area contributed by atoms with Gasteiger partial charge in [-0.25, -0.2) is 0 Å². The third kappa shape index (κ3) is 5.72. The molecule has 0 aliphatic rings. The SMILES string of the molecule is Cc1cc(C)cc(OCC(=O)NNC(=O)C(C)Oc2ccc3ccccc3c2)c1. The first kappa shape index (κ1) is 20.2. The molecule has 0 bridgehead atoms. The highest BCUT2D eigenvalue weighted by Gasteiger charge is 2.16. The van der Waals surface area contributed by atoms with Crippen molar-refractivity contribution in [3.05, 3.63) is 71.8 Å². The normalized spacial score (nSPS) is 11.6. The van der Waals surface area contributed by atoms with Crippen LogP contribution >= 0.6 is 0 Å².